The lowest BCUT2D eigenvalue weighted by Crippen LogP contribution is -2.16. The van der Waals surface area contributed by atoms with Crippen molar-refractivity contribution < 1.29 is 4.74 Å². The van der Waals surface area contributed by atoms with Crippen molar-refractivity contribution in [1.29, 1.82) is 0 Å². The summed E-state index contributed by atoms with van der Waals surface area (Å²) in [5.74, 6) is 0.269. The fourth-order valence-corrected chi connectivity index (χ4v) is 5.09. The second-order valence-electron chi connectivity index (χ2n) is 11.6. The summed E-state index contributed by atoms with van der Waals surface area (Å²) in [6, 6.07) is 35.4. The van der Waals surface area contributed by atoms with Gasteiger partial charge in [-0.1, -0.05) is 48.5 Å². The van der Waals surface area contributed by atoms with E-state index in [0.29, 0.717) is 13.2 Å². The Balaban J connectivity index is 1.61. The first-order valence-electron chi connectivity index (χ1n) is 14.3. The molecule has 0 aliphatic carbocycles. The van der Waals surface area contributed by atoms with Crippen LogP contribution in [-0.2, 0) is 4.74 Å². The van der Waals surface area contributed by atoms with Gasteiger partial charge in [0.1, 0.15) is 0 Å². The number of nitrogens with zero attached hydrogens (tertiary/aromatic N) is 4. The molecular formula is C36H46N4O. The Morgan fingerprint density at radius 1 is 0.366 bits per heavy atom. The summed E-state index contributed by atoms with van der Waals surface area (Å²) in [5.41, 5.74) is 9.81. The van der Waals surface area contributed by atoms with E-state index in [0.717, 1.165) is 0 Å². The summed E-state index contributed by atoms with van der Waals surface area (Å²) in [5, 5.41) is 0. The standard InChI is InChI=1S/C36H46N4O/c1-37(2)31-17-9-27(10-18-31)35(28-11-19-32(20-12-28)38(3)4)25-41-26-36(29-13-21-33(22-14-29)39(5)6)30-15-23-34(24-16-30)40(7)8/h9-24,35-36H,25-26H2,1-8H3. The minimum absolute atomic E-state index is 0.135. The number of hydrogen-bond donors (Lipinski definition) is 0. The van der Waals surface area contributed by atoms with Crippen LogP contribution in [0.1, 0.15) is 34.1 Å². The van der Waals surface area contributed by atoms with Gasteiger partial charge in [-0.3, -0.25) is 0 Å². The van der Waals surface area contributed by atoms with Gasteiger partial charge in [0.15, 0.2) is 0 Å². The molecule has 0 amide bonds. The lowest BCUT2D eigenvalue weighted by molar-refractivity contribution is 0.121. The maximum Gasteiger partial charge on any atom is 0.0575 e. The third kappa shape index (κ3) is 7.62. The maximum atomic E-state index is 6.64. The van der Waals surface area contributed by atoms with Crippen LogP contribution in [0.2, 0.25) is 0 Å². The Hall–Kier alpha value is -3.96. The highest BCUT2D eigenvalue weighted by Gasteiger charge is 2.19. The smallest absolute Gasteiger partial charge is 0.0575 e. The van der Waals surface area contributed by atoms with Gasteiger partial charge in [-0.2, -0.15) is 0 Å². The van der Waals surface area contributed by atoms with E-state index in [1.807, 2.05) is 0 Å². The molecule has 0 fully saturated rings. The predicted molar refractivity (Wildman–Crippen MR) is 178 cm³/mol. The first kappa shape index (κ1) is 30.0. The van der Waals surface area contributed by atoms with Gasteiger partial charge in [0.2, 0.25) is 0 Å². The van der Waals surface area contributed by atoms with Crippen molar-refractivity contribution in [3.8, 4) is 0 Å². The molecule has 5 nitrogen and oxygen atoms in total. The van der Waals surface area contributed by atoms with E-state index in [2.05, 4.69) is 173 Å². The van der Waals surface area contributed by atoms with Crippen LogP contribution in [-0.4, -0.2) is 69.6 Å². The Bertz CT molecular complexity index is 1130. The van der Waals surface area contributed by atoms with E-state index in [9.17, 15) is 0 Å². The van der Waals surface area contributed by atoms with Crippen molar-refractivity contribution in [2.45, 2.75) is 11.8 Å². The molecule has 0 atom stereocenters. The van der Waals surface area contributed by atoms with Crippen molar-refractivity contribution >= 4 is 22.7 Å². The van der Waals surface area contributed by atoms with E-state index < -0.39 is 0 Å². The molecule has 5 heteroatoms. The normalized spacial score (nSPS) is 11.2. The number of hydrogen-bond acceptors (Lipinski definition) is 5. The van der Waals surface area contributed by atoms with Gasteiger partial charge in [0.25, 0.3) is 0 Å². The molecule has 0 N–H and O–H groups in total. The van der Waals surface area contributed by atoms with Crippen LogP contribution in [0.15, 0.2) is 97.1 Å². The molecule has 4 aromatic carbocycles. The largest absolute Gasteiger partial charge is 0.379 e. The van der Waals surface area contributed by atoms with Gasteiger partial charge in [-0.25, -0.2) is 0 Å². The molecule has 0 bridgehead atoms. The summed E-state index contributed by atoms with van der Waals surface area (Å²) in [4.78, 5) is 8.54. The Morgan fingerprint density at radius 2 is 0.561 bits per heavy atom. The zero-order valence-corrected chi connectivity index (χ0v) is 26.0. The molecule has 0 aliphatic rings. The van der Waals surface area contributed by atoms with Crippen LogP contribution in [0.3, 0.4) is 0 Å². The predicted octanol–water partition coefficient (Wildman–Crippen LogP) is 6.93. The second kappa shape index (κ2) is 13.6. The summed E-state index contributed by atoms with van der Waals surface area (Å²) in [7, 11) is 16.6. The first-order valence-corrected chi connectivity index (χ1v) is 14.3. The molecule has 216 valence electrons. The van der Waals surface area contributed by atoms with Gasteiger partial charge in [0.05, 0.1) is 13.2 Å². The average molecular weight is 551 g/mol. The minimum Gasteiger partial charge on any atom is -0.379 e. The van der Waals surface area contributed by atoms with E-state index in [1.165, 1.54) is 45.0 Å². The van der Waals surface area contributed by atoms with Crippen molar-refractivity contribution in [1.82, 2.24) is 0 Å². The van der Waals surface area contributed by atoms with Crippen molar-refractivity contribution in [3.05, 3.63) is 119 Å². The SMILES string of the molecule is CN(C)c1ccc(C(COCC(c2ccc(N(C)C)cc2)c2ccc(N(C)C)cc2)c2ccc(N(C)C)cc2)cc1. The lowest BCUT2D eigenvalue weighted by Gasteiger charge is -2.24. The quantitative estimate of drug-likeness (QED) is 0.190. The van der Waals surface area contributed by atoms with E-state index in [1.54, 1.807) is 0 Å². The summed E-state index contributed by atoms with van der Waals surface area (Å²) < 4.78 is 6.64. The van der Waals surface area contributed by atoms with Crippen molar-refractivity contribution in [2.24, 2.45) is 0 Å². The lowest BCUT2D eigenvalue weighted by atomic mass is 9.90. The van der Waals surface area contributed by atoms with Gasteiger partial charge in [0, 0.05) is 91.0 Å². The van der Waals surface area contributed by atoms with Crippen LogP contribution in [0, 0.1) is 0 Å². The highest BCUT2D eigenvalue weighted by molar-refractivity contribution is 5.52. The van der Waals surface area contributed by atoms with Gasteiger partial charge < -0.3 is 24.3 Å². The molecule has 0 spiro atoms. The van der Waals surface area contributed by atoms with Crippen LogP contribution in [0.25, 0.3) is 0 Å². The Labute approximate surface area is 247 Å². The highest BCUT2D eigenvalue weighted by atomic mass is 16.5. The molecule has 0 radical (unpaired) electrons. The molecule has 0 saturated heterocycles. The third-order valence-corrected chi connectivity index (χ3v) is 7.82. The van der Waals surface area contributed by atoms with Crippen LogP contribution >= 0.6 is 0 Å². The van der Waals surface area contributed by atoms with Crippen LogP contribution in [0.5, 0.6) is 0 Å². The van der Waals surface area contributed by atoms with Crippen LogP contribution < -0.4 is 19.6 Å². The number of benzene rings is 4. The molecule has 0 saturated carbocycles. The number of anilines is 4. The fourth-order valence-electron chi connectivity index (χ4n) is 5.09. The second-order valence-corrected chi connectivity index (χ2v) is 11.6. The number of ether oxygens (including phenoxy) is 1. The number of rotatable bonds is 12. The molecule has 0 unspecified atom stereocenters. The fraction of sp³-hybridized carbons (Fsp3) is 0.333. The molecule has 4 rings (SSSR count). The van der Waals surface area contributed by atoms with Crippen molar-refractivity contribution in [3.63, 3.8) is 0 Å². The van der Waals surface area contributed by atoms with Crippen molar-refractivity contribution in [2.75, 3.05) is 89.2 Å². The topological polar surface area (TPSA) is 22.2 Å². The zero-order chi connectivity index (χ0) is 29.5. The van der Waals surface area contributed by atoms with Gasteiger partial charge >= 0.3 is 0 Å². The first-order chi connectivity index (χ1) is 19.6. The maximum absolute atomic E-state index is 6.64. The zero-order valence-electron chi connectivity index (χ0n) is 26.0. The molecule has 0 heterocycles. The molecule has 41 heavy (non-hydrogen) atoms. The van der Waals surface area contributed by atoms with E-state index in [-0.39, 0.29) is 11.8 Å². The highest BCUT2D eigenvalue weighted by Crippen LogP contribution is 2.31. The molecular weight excluding hydrogens is 504 g/mol. The molecule has 0 aromatic heterocycles. The van der Waals surface area contributed by atoms with E-state index >= 15 is 0 Å². The third-order valence-electron chi connectivity index (χ3n) is 7.82. The van der Waals surface area contributed by atoms with Gasteiger partial charge in [-0.05, 0) is 70.8 Å². The molecule has 0 aliphatic heterocycles. The Morgan fingerprint density at radius 3 is 0.732 bits per heavy atom. The summed E-state index contributed by atoms with van der Waals surface area (Å²) in [6.07, 6.45) is 0. The molecule has 4 aromatic rings. The Kier molecular flexibility index (Phi) is 9.95. The van der Waals surface area contributed by atoms with Gasteiger partial charge in [-0.15, -0.1) is 0 Å². The van der Waals surface area contributed by atoms with E-state index in [4.69, 9.17) is 4.74 Å². The average Bonchev–Trinajstić information content (AvgIpc) is 2.97. The summed E-state index contributed by atoms with van der Waals surface area (Å²) in [6.45, 7) is 1.20. The summed E-state index contributed by atoms with van der Waals surface area (Å²) >= 11 is 0. The monoisotopic (exact) mass is 550 g/mol. The van der Waals surface area contributed by atoms with Crippen LogP contribution in [0.4, 0.5) is 22.7 Å². The minimum atomic E-state index is 0.135.